The summed E-state index contributed by atoms with van der Waals surface area (Å²) in [6.07, 6.45) is 8.27. The third-order valence-electron chi connectivity index (χ3n) is 4.58. The van der Waals surface area contributed by atoms with Crippen molar-refractivity contribution in [3.63, 3.8) is 0 Å². The van der Waals surface area contributed by atoms with Gasteiger partial charge >= 0.3 is 0 Å². The first-order valence-corrected chi connectivity index (χ1v) is 7.47. The van der Waals surface area contributed by atoms with Crippen LogP contribution in [0.15, 0.2) is 30.3 Å². The van der Waals surface area contributed by atoms with Crippen molar-refractivity contribution in [3.8, 4) is 0 Å². The SMILES string of the molecule is c1ccc(CCN2NCCC3CCCCC32)cc1. The maximum atomic E-state index is 3.62. The Kier molecular flexibility index (Phi) is 3.96. The number of rotatable bonds is 3. The van der Waals surface area contributed by atoms with E-state index >= 15 is 0 Å². The molecule has 0 bridgehead atoms. The van der Waals surface area contributed by atoms with E-state index in [9.17, 15) is 0 Å². The molecule has 2 nitrogen and oxygen atoms in total. The fourth-order valence-corrected chi connectivity index (χ4v) is 3.59. The molecular weight excluding hydrogens is 220 g/mol. The zero-order valence-corrected chi connectivity index (χ0v) is 11.1. The number of hydrogen-bond acceptors (Lipinski definition) is 2. The van der Waals surface area contributed by atoms with Crippen molar-refractivity contribution in [2.75, 3.05) is 13.1 Å². The Balaban J connectivity index is 1.58. The second kappa shape index (κ2) is 5.85. The molecule has 2 atom stereocenters. The highest BCUT2D eigenvalue weighted by Crippen LogP contribution is 2.32. The molecule has 2 fully saturated rings. The van der Waals surface area contributed by atoms with Gasteiger partial charge in [-0.2, -0.15) is 0 Å². The van der Waals surface area contributed by atoms with E-state index in [4.69, 9.17) is 0 Å². The van der Waals surface area contributed by atoms with Gasteiger partial charge in [-0.25, -0.2) is 5.01 Å². The van der Waals surface area contributed by atoms with Crippen LogP contribution in [0.4, 0.5) is 0 Å². The standard InChI is InChI=1S/C16H24N2/c1-2-6-14(7-3-1)11-13-18-16-9-5-4-8-15(16)10-12-17-18/h1-3,6-7,15-17H,4-5,8-13H2. The van der Waals surface area contributed by atoms with Gasteiger partial charge in [-0.05, 0) is 37.2 Å². The number of benzene rings is 1. The van der Waals surface area contributed by atoms with Crippen LogP contribution in [-0.4, -0.2) is 24.1 Å². The summed E-state index contributed by atoms with van der Waals surface area (Å²) < 4.78 is 0. The lowest BCUT2D eigenvalue weighted by molar-refractivity contribution is 0.0167. The van der Waals surface area contributed by atoms with Crippen LogP contribution in [0.2, 0.25) is 0 Å². The highest BCUT2D eigenvalue weighted by Gasteiger charge is 2.32. The van der Waals surface area contributed by atoms with Gasteiger partial charge in [-0.3, -0.25) is 5.43 Å². The summed E-state index contributed by atoms with van der Waals surface area (Å²) in [5.74, 6) is 0.954. The first-order valence-electron chi connectivity index (χ1n) is 7.47. The summed E-state index contributed by atoms with van der Waals surface area (Å²) in [7, 11) is 0. The summed E-state index contributed by atoms with van der Waals surface area (Å²) >= 11 is 0. The smallest absolute Gasteiger partial charge is 0.0272 e. The molecule has 1 aromatic carbocycles. The first kappa shape index (κ1) is 12.2. The van der Waals surface area contributed by atoms with Gasteiger partial charge in [0.25, 0.3) is 0 Å². The lowest BCUT2D eigenvalue weighted by Gasteiger charge is -2.44. The second-order valence-electron chi connectivity index (χ2n) is 5.74. The summed E-state index contributed by atoms with van der Waals surface area (Å²) in [4.78, 5) is 0. The van der Waals surface area contributed by atoms with Crippen LogP contribution in [0.3, 0.4) is 0 Å². The molecule has 18 heavy (non-hydrogen) atoms. The highest BCUT2D eigenvalue weighted by molar-refractivity contribution is 5.14. The van der Waals surface area contributed by atoms with Crippen LogP contribution < -0.4 is 5.43 Å². The van der Waals surface area contributed by atoms with Gasteiger partial charge in [0, 0.05) is 19.1 Å². The minimum Gasteiger partial charge on any atom is -0.255 e. The van der Waals surface area contributed by atoms with Crippen molar-refractivity contribution >= 4 is 0 Å². The van der Waals surface area contributed by atoms with Crippen molar-refractivity contribution in [2.24, 2.45) is 5.92 Å². The van der Waals surface area contributed by atoms with Crippen LogP contribution in [0, 0.1) is 5.92 Å². The lowest BCUT2D eigenvalue weighted by atomic mass is 9.81. The Bertz CT molecular complexity index is 361. The second-order valence-corrected chi connectivity index (χ2v) is 5.74. The Morgan fingerprint density at radius 1 is 1.06 bits per heavy atom. The number of nitrogens with zero attached hydrogens (tertiary/aromatic N) is 1. The monoisotopic (exact) mass is 244 g/mol. The molecule has 1 heterocycles. The predicted octanol–water partition coefficient (Wildman–Crippen LogP) is 3.00. The molecule has 1 N–H and O–H groups in total. The van der Waals surface area contributed by atoms with Crippen molar-refractivity contribution in [1.29, 1.82) is 0 Å². The van der Waals surface area contributed by atoms with Gasteiger partial charge in [-0.15, -0.1) is 0 Å². The molecule has 1 aliphatic carbocycles. The van der Waals surface area contributed by atoms with E-state index in [1.54, 1.807) is 0 Å². The van der Waals surface area contributed by atoms with Crippen LogP contribution >= 0.6 is 0 Å². The Morgan fingerprint density at radius 3 is 2.78 bits per heavy atom. The van der Waals surface area contributed by atoms with Gasteiger partial charge in [-0.1, -0.05) is 43.2 Å². The topological polar surface area (TPSA) is 15.3 Å². The fourth-order valence-electron chi connectivity index (χ4n) is 3.59. The molecule has 2 unspecified atom stereocenters. The van der Waals surface area contributed by atoms with Gasteiger partial charge in [0.1, 0.15) is 0 Å². The van der Waals surface area contributed by atoms with Crippen LogP contribution in [0.5, 0.6) is 0 Å². The first-order chi connectivity index (χ1) is 8.93. The average Bonchev–Trinajstić information content (AvgIpc) is 2.46. The van der Waals surface area contributed by atoms with E-state index in [2.05, 4.69) is 40.8 Å². The van der Waals surface area contributed by atoms with E-state index < -0.39 is 0 Å². The molecule has 0 amide bonds. The molecule has 3 rings (SSSR count). The Morgan fingerprint density at radius 2 is 1.89 bits per heavy atom. The zero-order valence-electron chi connectivity index (χ0n) is 11.1. The summed E-state index contributed by atoms with van der Waals surface area (Å²) in [6, 6.07) is 11.7. The molecule has 1 aromatic rings. The highest BCUT2D eigenvalue weighted by atomic mass is 15.5. The normalized spacial score (nSPS) is 28.9. The number of hydrogen-bond donors (Lipinski definition) is 1. The fraction of sp³-hybridized carbons (Fsp3) is 0.625. The maximum Gasteiger partial charge on any atom is 0.0272 e. The van der Waals surface area contributed by atoms with Gasteiger partial charge in [0.2, 0.25) is 0 Å². The van der Waals surface area contributed by atoms with Crippen LogP contribution in [0.25, 0.3) is 0 Å². The third-order valence-corrected chi connectivity index (χ3v) is 4.58. The molecule has 0 aromatic heterocycles. The summed E-state index contributed by atoms with van der Waals surface area (Å²) in [5.41, 5.74) is 5.08. The number of fused-ring (bicyclic) bond motifs is 1. The van der Waals surface area contributed by atoms with E-state index in [0.29, 0.717) is 0 Å². The van der Waals surface area contributed by atoms with Crippen molar-refractivity contribution in [1.82, 2.24) is 10.4 Å². The molecule has 98 valence electrons. The predicted molar refractivity (Wildman–Crippen MR) is 75.2 cm³/mol. The Hall–Kier alpha value is -0.860. The molecule has 1 aliphatic heterocycles. The van der Waals surface area contributed by atoms with E-state index in [1.165, 1.54) is 44.2 Å². The number of nitrogens with one attached hydrogen (secondary N) is 1. The van der Waals surface area contributed by atoms with Crippen LogP contribution in [0.1, 0.15) is 37.7 Å². The molecule has 0 radical (unpaired) electrons. The zero-order chi connectivity index (χ0) is 12.2. The van der Waals surface area contributed by atoms with Crippen LogP contribution in [-0.2, 0) is 6.42 Å². The molecule has 2 aliphatic rings. The molecule has 0 spiro atoms. The Labute approximate surface area is 110 Å². The largest absolute Gasteiger partial charge is 0.255 e. The van der Waals surface area contributed by atoms with Crippen molar-refractivity contribution in [3.05, 3.63) is 35.9 Å². The van der Waals surface area contributed by atoms with Gasteiger partial charge in [0.15, 0.2) is 0 Å². The molecule has 1 saturated carbocycles. The van der Waals surface area contributed by atoms with Crippen molar-refractivity contribution < 1.29 is 0 Å². The third kappa shape index (κ3) is 2.76. The van der Waals surface area contributed by atoms with Crippen molar-refractivity contribution in [2.45, 2.75) is 44.6 Å². The lowest BCUT2D eigenvalue weighted by Crippen LogP contribution is -2.55. The molecule has 2 heteroatoms. The number of hydrazine groups is 1. The van der Waals surface area contributed by atoms with Gasteiger partial charge in [0.05, 0.1) is 0 Å². The van der Waals surface area contributed by atoms with E-state index in [-0.39, 0.29) is 0 Å². The molecule has 1 saturated heterocycles. The minimum atomic E-state index is 0.802. The summed E-state index contributed by atoms with van der Waals surface area (Å²) in [6.45, 7) is 2.33. The van der Waals surface area contributed by atoms with E-state index in [1.807, 2.05) is 0 Å². The van der Waals surface area contributed by atoms with E-state index in [0.717, 1.165) is 24.9 Å². The van der Waals surface area contributed by atoms with Gasteiger partial charge < -0.3 is 0 Å². The quantitative estimate of drug-likeness (QED) is 0.879. The average molecular weight is 244 g/mol. The maximum absolute atomic E-state index is 3.62. The minimum absolute atomic E-state index is 0.802. The molecular formula is C16H24N2. The summed E-state index contributed by atoms with van der Waals surface area (Å²) in [5, 5.41) is 2.54.